The number of hydrogen-bond donors (Lipinski definition) is 2. The van der Waals surface area contributed by atoms with Crippen LogP contribution in [0.5, 0.6) is 0 Å². The minimum absolute atomic E-state index is 0.0517. The third-order valence-corrected chi connectivity index (χ3v) is 2.60. The molecule has 1 aromatic carbocycles. The van der Waals surface area contributed by atoms with Crippen molar-refractivity contribution in [3.8, 4) is 0 Å². The first-order valence-corrected chi connectivity index (χ1v) is 4.71. The van der Waals surface area contributed by atoms with E-state index in [-0.39, 0.29) is 6.61 Å². The molecule has 0 aliphatic heterocycles. The van der Waals surface area contributed by atoms with Crippen LogP contribution in [0, 0.1) is 0 Å². The summed E-state index contributed by atoms with van der Waals surface area (Å²) in [6, 6.07) is 5.61. The average molecular weight is 234 g/mol. The molecule has 1 rings (SSSR count). The highest BCUT2D eigenvalue weighted by molar-refractivity contribution is 9.10. The van der Waals surface area contributed by atoms with E-state index in [9.17, 15) is 0 Å². The van der Waals surface area contributed by atoms with Crippen molar-refractivity contribution in [3.63, 3.8) is 0 Å². The first kappa shape index (κ1) is 9.06. The second-order valence-corrected chi connectivity index (χ2v) is 3.59. The summed E-state index contributed by atoms with van der Waals surface area (Å²) in [7, 11) is 0. The minimum atomic E-state index is 0.0517. The van der Waals surface area contributed by atoms with Gasteiger partial charge in [0, 0.05) is 9.37 Å². The highest BCUT2D eigenvalue weighted by atomic mass is 79.9. The van der Waals surface area contributed by atoms with Gasteiger partial charge in [-0.2, -0.15) is 0 Å². The maximum atomic E-state index is 8.81. The zero-order valence-corrected chi connectivity index (χ0v) is 8.15. The Morgan fingerprint density at radius 1 is 1.55 bits per heavy atom. The van der Waals surface area contributed by atoms with Crippen LogP contribution in [0.2, 0.25) is 0 Å². The summed E-state index contributed by atoms with van der Waals surface area (Å²) in [5.74, 6) is 0. The molecule has 2 nitrogen and oxygen atoms in total. The van der Waals surface area contributed by atoms with Crippen molar-refractivity contribution in [2.24, 2.45) is 5.14 Å². The van der Waals surface area contributed by atoms with Gasteiger partial charge in [-0.15, -0.1) is 0 Å². The quantitative estimate of drug-likeness (QED) is 0.768. The van der Waals surface area contributed by atoms with E-state index in [0.29, 0.717) is 0 Å². The molecule has 1 aromatic rings. The van der Waals surface area contributed by atoms with E-state index in [0.717, 1.165) is 14.9 Å². The molecule has 11 heavy (non-hydrogen) atoms. The fourth-order valence-electron chi connectivity index (χ4n) is 0.730. The van der Waals surface area contributed by atoms with Crippen molar-refractivity contribution < 1.29 is 5.11 Å². The molecule has 0 aliphatic rings. The lowest BCUT2D eigenvalue weighted by molar-refractivity contribution is 0.281. The van der Waals surface area contributed by atoms with Gasteiger partial charge in [0.1, 0.15) is 0 Å². The summed E-state index contributed by atoms with van der Waals surface area (Å²) >= 11 is 4.51. The van der Waals surface area contributed by atoms with Crippen molar-refractivity contribution in [1.29, 1.82) is 0 Å². The molecular formula is C7H8BrNOS. The van der Waals surface area contributed by atoms with Crippen LogP contribution in [0.4, 0.5) is 0 Å². The van der Waals surface area contributed by atoms with E-state index in [1.54, 1.807) is 0 Å². The lowest BCUT2D eigenvalue weighted by Crippen LogP contribution is -1.86. The van der Waals surface area contributed by atoms with E-state index in [1.807, 2.05) is 18.2 Å². The lowest BCUT2D eigenvalue weighted by Gasteiger charge is -2.01. The van der Waals surface area contributed by atoms with E-state index < -0.39 is 0 Å². The zero-order valence-electron chi connectivity index (χ0n) is 5.75. The third kappa shape index (κ3) is 2.20. The van der Waals surface area contributed by atoms with Crippen molar-refractivity contribution in [2.45, 2.75) is 11.5 Å². The fourth-order valence-corrected chi connectivity index (χ4v) is 1.72. The second kappa shape index (κ2) is 4.11. The molecule has 0 amide bonds. The molecule has 0 aromatic heterocycles. The Labute approximate surface area is 78.1 Å². The molecule has 0 unspecified atom stereocenters. The number of aliphatic hydroxyl groups is 1. The van der Waals surface area contributed by atoms with Gasteiger partial charge in [-0.3, -0.25) is 5.14 Å². The molecule has 0 saturated heterocycles. The number of halogens is 1. The molecule has 4 heteroatoms. The van der Waals surface area contributed by atoms with Crippen molar-refractivity contribution >= 4 is 27.9 Å². The molecule has 0 heterocycles. The SMILES string of the molecule is NSc1ccc(CO)c(Br)c1. The van der Waals surface area contributed by atoms with Crippen LogP contribution < -0.4 is 5.14 Å². The van der Waals surface area contributed by atoms with Crippen LogP contribution in [0.15, 0.2) is 27.6 Å². The second-order valence-electron chi connectivity index (χ2n) is 2.03. The van der Waals surface area contributed by atoms with Gasteiger partial charge < -0.3 is 5.11 Å². The number of hydrogen-bond acceptors (Lipinski definition) is 3. The summed E-state index contributed by atoms with van der Waals surface area (Å²) < 4.78 is 0.899. The van der Waals surface area contributed by atoms with Crippen LogP contribution in [0.25, 0.3) is 0 Å². The van der Waals surface area contributed by atoms with E-state index >= 15 is 0 Å². The first-order chi connectivity index (χ1) is 5.27. The minimum Gasteiger partial charge on any atom is -0.392 e. The molecule has 3 N–H and O–H groups in total. The van der Waals surface area contributed by atoms with Gasteiger partial charge in [0.05, 0.1) is 6.61 Å². The molecule has 0 spiro atoms. The summed E-state index contributed by atoms with van der Waals surface area (Å²) in [6.45, 7) is 0.0517. The molecule has 0 fully saturated rings. The van der Waals surface area contributed by atoms with Gasteiger partial charge in [-0.25, -0.2) is 0 Å². The van der Waals surface area contributed by atoms with Crippen molar-refractivity contribution in [3.05, 3.63) is 28.2 Å². The predicted molar refractivity (Wildman–Crippen MR) is 50.1 cm³/mol. The molecule has 0 aliphatic carbocycles. The fraction of sp³-hybridized carbons (Fsp3) is 0.143. The van der Waals surface area contributed by atoms with Crippen molar-refractivity contribution in [2.75, 3.05) is 0 Å². The molecule has 0 bridgehead atoms. The topological polar surface area (TPSA) is 46.2 Å². The number of rotatable bonds is 2. The van der Waals surface area contributed by atoms with Crippen LogP contribution >= 0.6 is 27.9 Å². The molecule has 60 valence electrons. The Bertz CT molecular complexity index is 254. The highest BCUT2D eigenvalue weighted by Crippen LogP contribution is 2.22. The van der Waals surface area contributed by atoms with Gasteiger partial charge in [0.2, 0.25) is 0 Å². The maximum Gasteiger partial charge on any atom is 0.0692 e. The van der Waals surface area contributed by atoms with Gasteiger partial charge in [0.15, 0.2) is 0 Å². The number of benzene rings is 1. The van der Waals surface area contributed by atoms with Crippen LogP contribution in [0.3, 0.4) is 0 Å². The standard InChI is InChI=1S/C7H8BrNOS/c8-7-3-6(11-9)2-1-5(7)4-10/h1-3,10H,4,9H2. The number of aliphatic hydroxyl groups excluding tert-OH is 1. The molecule has 0 saturated carbocycles. The Balaban J connectivity index is 2.99. The van der Waals surface area contributed by atoms with Gasteiger partial charge in [-0.1, -0.05) is 22.0 Å². The van der Waals surface area contributed by atoms with Gasteiger partial charge >= 0.3 is 0 Å². The average Bonchev–Trinajstić information content (AvgIpc) is 2.04. The molecule has 0 radical (unpaired) electrons. The maximum absolute atomic E-state index is 8.81. The van der Waals surface area contributed by atoms with E-state index in [1.165, 1.54) is 11.9 Å². The van der Waals surface area contributed by atoms with Gasteiger partial charge in [-0.05, 0) is 29.6 Å². The monoisotopic (exact) mass is 233 g/mol. The normalized spacial score (nSPS) is 10.1. The van der Waals surface area contributed by atoms with Crippen molar-refractivity contribution in [1.82, 2.24) is 0 Å². The molecule has 0 atom stereocenters. The van der Waals surface area contributed by atoms with Crippen LogP contribution in [0.1, 0.15) is 5.56 Å². The largest absolute Gasteiger partial charge is 0.392 e. The summed E-state index contributed by atoms with van der Waals surface area (Å²) in [6.07, 6.45) is 0. The summed E-state index contributed by atoms with van der Waals surface area (Å²) in [5, 5.41) is 14.2. The third-order valence-electron chi connectivity index (χ3n) is 1.33. The van der Waals surface area contributed by atoms with Gasteiger partial charge in [0.25, 0.3) is 0 Å². The zero-order chi connectivity index (χ0) is 8.27. The van der Waals surface area contributed by atoms with Crippen LogP contribution in [-0.2, 0) is 6.61 Å². The lowest BCUT2D eigenvalue weighted by atomic mass is 10.2. The smallest absolute Gasteiger partial charge is 0.0692 e. The Kier molecular flexibility index (Phi) is 3.39. The Morgan fingerprint density at radius 2 is 2.27 bits per heavy atom. The molecular weight excluding hydrogens is 226 g/mol. The van der Waals surface area contributed by atoms with Crippen LogP contribution in [-0.4, -0.2) is 5.11 Å². The van der Waals surface area contributed by atoms with E-state index in [2.05, 4.69) is 15.9 Å². The summed E-state index contributed by atoms with van der Waals surface area (Å²) in [5.41, 5.74) is 0.878. The first-order valence-electron chi connectivity index (χ1n) is 3.04. The predicted octanol–water partition coefficient (Wildman–Crippen LogP) is 1.91. The number of nitrogens with two attached hydrogens (primary N) is 1. The van der Waals surface area contributed by atoms with E-state index in [4.69, 9.17) is 10.2 Å². The Hall–Kier alpha value is -0.0300. The Morgan fingerprint density at radius 3 is 2.73 bits per heavy atom. The summed E-state index contributed by atoms with van der Waals surface area (Å²) in [4.78, 5) is 0.981. The highest BCUT2D eigenvalue weighted by Gasteiger charge is 1.98.